The number of aromatic nitrogens is 3. The first kappa shape index (κ1) is 16.9. The minimum absolute atomic E-state index is 0.400. The van der Waals surface area contributed by atoms with Crippen LogP contribution in [0.3, 0.4) is 0 Å². The zero-order valence-corrected chi connectivity index (χ0v) is 15.2. The molecule has 2 aliphatic heterocycles. The van der Waals surface area contributed by atoms with E-state index in [1.807, 2.05) is 12.1 Å². The fourth-order valence-electron chi connectivity index (χ4n) is 3.90. The van der Waals surface area contributed by atoms with Crippen LogP contribution in [0.15, 0.2) is 22.9 Å². The average molecular weight is 362 g/mol. The lowest BCUT2D eigenvalue weighted by Gasteiger charge is -2.39. The van der Waals surface area contributed by atoms with E-state index in [0.29, 0.717) is 29.0 Å². The molecule has 0 atom stereocenters. The number of hydrogen-bond acceptors (Lipinski definition) is 6. The van der Waals surface area contributed by atoms with Gasteiger partial charge in [0.25, 0.3) is 0 Å². The molecule has 0 amide bonds. The minimum atomic E-state index is 0.400. The summed E-state index contributed by atoms with van der Waals surface area (Å²) in [6.07, 6.45) is 8.24. The van der Waals surface area contributed by atoms with Crippen molar-refractivity contribution in [2.45, 2.75) is 44.7 Å². The normalized spacial score (nSPS) is 20.8. The van der Waals surface area contributed by atoms with E-state index in [0.717, 1.165) is 19.1 Å². The van der Waals surface area contributed by atoms with Gasteiger partial charge in [-0.2, -0.15) is 4.98 Å². The summed E-state index contributed by atoms with van der Waals surface area (Å²) in [4.78, 5) is 13.6. The second kappa shape index (κ2) is 7.81. The van der Waals surface area contributed by atoms with Crippen LogP contribution in [0.2, 0.25) is 5.15 Å². The molecule has 134 valence electrons. The lowest BCUT2D eigenvalue weighted by Crippen LogP contribution is -2.46. The van der Waals surface area contributed by atoms with E-state index in [1.54, 1.807) is 6.20 Å². The van der Waals surface area contributed by atoms with Crippen LogP contribution in [0.25, 0.3) is 11.4 Å². The summed E-state index contributed by atoms with van der Waals surface area (Å²) >= 11 is 6.10. The number of halogens is 1. The van der Waals surface area contributed by atoms with Gasteiger partial charge in [0.2, 0.25) is 11.7 Å². The van der Waals surface area contributed by atoms with Crippen molar-refractivity contribution in [3.8, 4) is 11.4 Å². The molecule has 0 aromatic carbocycles. The van der Waals surface area contributed by atoms with Crippen LogP contribution in [0, 0.1) is 0 Å². The summed E-state index contributed by atoms with van der Waals surface area (Å²) in [7, 11) is 0. The lowest BCUT2D eigenvalue weighted by atomic mass is 10.00. The van der Waals surface area contributed by atoms with Gasteiger partial charge in [-0.3, -0.25) is 4.90 Å². The van der Waals surface area contributed by atoms with E-state index in [2.05, 4.69) is 24.9 Å². The van der Waals surface area contributed by atoms with Crippen LogP contribution in [-0.4, -0.2) is 57.1 Å². The third-order valence-corrected chi connectivity index (χ3v) is 5.59. The maximum atomic E-state index is 6.10. The molecule has 25 heavy (non-hydrogen) atoms. The van der Waals surface area contributed by atoms with Gasteiger partial charge in [0.15, 0.2) is 0 Å². The molecule has 2 saturated heterocycles. The molecule has 2 aromatic heterocycles. The summed E-state index contributed by atoms with van der Waals surface area (Å²) in [5.74, 6) is 1.16. The highest BCUT2D eigenvalue weighted by molar-refractivity contribution is 6.31. The van der Waals surface area contributed by atoms with Gasteiger partial charge in [0.05, 0.1) is 12.1 Å². The quantitative estimate of drug-likeness (QED) is 0.779. The molecule has 6 nitrogen and oxygen atoms in total. The summed E-state index contributed by atoms with van der Waals surface area (Å²) in [6.45, 7) is 5.45. The maximum Gasteiger partial charge on any atom is 0.241 e. The van der Waals surface area contributed by atoms with Crippen molar-refractivity contribution in [3.63, 3.8) is 0 Å². The van der Waals surface area contributed by atoms with E-state index in [1.165, 1.54) is 45.2 Å². The highest BCUT2D eigenvalue weighted by Crippen LogP contribution is 2.24. The van der Waals surface area contributed by atoms with Gasteiger partial charge in [-0.1, -0.05) is 23.2 Å². The number of piperidine rings is 2. The molecule has 0 unspecified atom stereocenters. The molecule has 7 heteroatoms. The van der Waals surface area contributed by atoms with Gasteiger partial charge in [-0.15, -0.1) is 0 Å². The summed E-state index contributed by atoms with van der Waals surface area (Å²) < 4.78 is 5.42. The van der Waals surface area contributed by atoms with Crippen molar-refractivity contribution in [1.82, 2.24) is 24.9 Å². The Morgan fingerprint density at radius 1 is 1.12 bits per heavy atom. The first-order chi connectivity index (χ1) is 12.3. The fourth-order valence-corrected chi connectivity index (χ4v) is 4.10. The highest BCUT2D eigenvalue weighted by Gasteiger charge is 2.26. The zero-order valence-electron chi connectivity index (χ0n) is 14.4. The molecule has 0 N–H and O–H groups in total. The molecule has 0 aliphatic carbocycles. The van der Waals surface area contributed by atoms with E-state index in [-0.39, 0.29) is 0 Å². The van der Waals surface area contributed by atoms with Crippen LogP contribution in [0.5, 0.6) is 0 Å². The fraction of sp³-hybridized carbons (Fsp3) is 0.611. The third kappa shape index (κ3) is 4.02. The molecular weight excluding hydrogens is 338 g/mol. The Bertz CT molecular complexity index is 692. The van der Waals surface area contributed by atoms with E-state index in [4.69, 9.17) is 16.1 Å². The number of likely N-dealkylation sites (tertiary alicyclic amines) is 2. The smallest absolute Gasteiger partial charge is 0.241 e. The van der Waals surface area contributed by atoms with Gasteiger partial charge >= 0.3 is 0 Å². The second-order valence-electron chi connectivity index (χ2n) is 6.96. The van der Waals surface area contributed by atoms with Crippen LogP contribution < -0.4 is 0 Å². The topological polar surface area (TPSA) is 58.3 Å². The van der Waals surface area contributed by atoms with Crippen molar-refractivity contribution in [1.29, 1.82) is 0 Å². The van der Waals surface area contributed by atoms with Gasteiger partial charge in [-0.25, -0.2) is 4.98 Å². The molecule has 2 fully saturated rings. The molecule has 0 radical (unpaired) electrons. The van der Waals surface area contributed by atoms with Crippen LogP contribution >= 0.6 is 11.6 Å². The lowest BCUT2D eigenvalue weighted by molar-refractivity contribution is 0.0847. The highest BCUT2D eigenvalue weighted by atomic mass is 35.5. The zero-order chi connectivity index (χ0) is 17.1. The van der Waals surface area contributed by atoms with E-state index < -0.39 is 0 Å². The third-order valence-electron chi connectivity index (χ3n) is 5.29. The summed E-state index contributed by atoms with van der Waals surface area (Å²) in [5.41, 5.74) is 0.711. The molecule has 2 aromatic rings. The molecule has 2 aliphatic rings. The van der Waals surface area contributed by atoms with Gasteiger partial charge in [0, 0.05) is 25.3 Å². The number of rotatable bonds is 4. The molecule has 0 spiro atoms. The Labute approximate surface area is 153 Å². The summed E-state index contributed by atoms with van der Waals surface area (Å²) in [6, 6.07) is 4.43. The molecule has 0 saturated carbocycles. The second-order valence-corrected chi connectivity index (χ2v) is 7.32. The number of hydrogen-bond donors (Lipinski definition) is 0. The largest absolute Gasteiger partial charge is 0.338 e. The van der Waals surface area contributed by atoms with Crippen molar-refractivity contribution in [2.75, 3.05) is 26.2 Å². The van der Waals surface area contributed by atoms with Crippen molar-refractivity contribution in [3.05, 3.63) is 29.4 Å². The molecule has 4 heterocycles. The van der Waals surface area contributed by atoms with Gasteiger partial charge in [0.1, 0.15) is 5.15 Å². The van der Waals surface area contributed by atoms with Gasteiger partial charge in [-0.05, 0) is 50.9 Å². The monoisotopic (exact) mass is 361 g/mol. The van der Waals surface area contributed by atoms with E-state index >= 15 is 0 Å². The van der Waals surface area contributed by atoms with Crippen LogP contribution in [0.4, 0.5) is 0 Å². The summed E-state index contributed by atoms with van der Waals surface area (Å²) in [5, 5.41) is 4.46. The van der Waals surface area contributed by atoms with Crippen molar-refractivity contribution >= 4 is 11.6 Å². The van der Waals surface area contributed by atoms with Crippen LogP contribution in [-0.2, 0) is 6.54 Å². The maximum absolute atomic E-state index is 6.10. The predicted octanol–water partition coefficient (Wildman–Crippen LogP) is 3.24. The molecule has 4 rings (SSSR count). The Morgan fingerprint density at radius 3 is 2.68 bits per heavy atom. The van der Waals surface area contributed by atoms with Crippen LogP contribution in [0.1, 0.15) is 38.0 Å². The number of pyridine rings is 1. The Morgan fingerprint density at radius 2 is 1.92 bits per heavy atom. The first-order valence-electron chi connectivity index (χ1n) is 9.19. The predicted molar refractivity (Wildman–Crippen MR) is 96.3 cm³/mol. The SMILES string of the molecule is Clc1ncccc1-c1noc(CN2CCC(N3CCCCC3)CC2)n1. The molecular formula is C18H24ClN5O. The van der Waals surface area contributed by atoms with E-state index in [9.17, 15) is 0 Å². The van der Waals surface area contributed by atoms with Gasteiger partial charge < -0.3 is 9.42 Å². The first-order valence-corrected chi connectivity index (χ1v) is 9.57. The minimum Gasteiger partial charge on any atom is -0.338 e. The Balaban J connectivity index is 1.32. The standard InChI is InChI=1S/C18H24ClN5O/c19-17-15(5-4-8-20-17)18-21-16(25-22-18)13-23-11-6-14(7-12-23)24-9-2-1-3-10-24/h4-5,8,14H,1-3,6-7,9-13H2. The number of nitrogens with zero attached hydrogens (tertiary/aromatic N) is 5. The average Bonchev–Trinajstić information content (AvgIpc) is 3.12. The Hall–Kier alpha value is -1.50. The Kier molecular flexibility index (Phi) is 5.29. The molecule has 0 bridgehead atoms. The van der Waals surface area contributed by atoms with Crippen molar-refractivity contribution in [2.24, 2.45) is 0 Å². The van der Waals surface area contributed by atoms with Crippen molar-refractivity contribution < 1.29 is 4.52 Å².